The third-order valence-corrected chi connectivity index (χ3v) is 15.0. The molecule has 0 amide bonds. The number of ether oxygens (including phenoxy) is 3. The highest BCUT2D eigenvalue weighted by molar-refractivity contribution is 5.71. The molecule has 1 unspecified atom stereocenters. The molecule has 0 aliphatic rings. The number of unbranched alkanes of at least 4 members (excludes halogenated alkanes) is 46. The van der Waals surface area contributed by atoms with E-state index in [2.05, 4.69) is 45.1 Å². The predicted molar refractivity (Wildman–Crippen MR) is 316 cm³/mol. The van der Waals surface area contributed by atoms with E-state index in [0.717, 1.165) is 77.0 Å². The van der Waals surface area contributed by atoms with Crippen molar-refractivity contribution in [3.63, 3.8) is 0 Å². The molecule has 0 fully saturated rings. The molecule has 0 rings (SSSR count). The Bertz CT molecular complexity index is 1180. The van der Waals surface area contributed by atoms with E-state index in [-0.39, 0.29) is 31.1 Å². The van der Waals surface area contributed by atoms with E-state index in [9.17, 15) is 14.4 Å². The van der Waals surface area contributed by atoms with Gasteiger partial charge in [0.1, 0.15) is 13.2 Å². The molecule has 0 N–H and O–H groups in total. The van der Waals surface area contributed by atoms with E-state index in [0.29, 0.717) is 19.3 Å². The molecule has 0 radical (unpaired) electrons. The molecule has 6 nitrogen and oxygen atoms in total. The van der Waals surface area contributed by atoms with Gasteiger partial charge in [0.25, 0.3) is 0 Å². The number of carbonyl (C=O) groups excluding carboxylic acids is 3. The van der Waals surface area contributed by atoms with Crippen LogP contribution in [0.5, 0.6) is 0 Å². The van der Waals surface area contributed by atoms with Crippen molar-refractivity contribution >= 4 is 17.9 Å². The molecule has 0 aliphatic carbocycles. The van der Waals surface area contributed by atoms with Crippen LogP contribution in [0.1, 0.15) is 367 Å². The Hall–Kier alpha value is -2.11. The van der Waals surface area contributed by atoms with Gasteiger partial charge in [0.15, 0.2) is 6.10 Å². The van der Waals surface area contributed by atoms with Crippen molar-refractivity contribution in [2.45, 2.75) is 374 Å². The highest BCUT2D eigenvalue weighted by atomic mass is 16.6. The summed E-state index contributed by atoms with van der Waals surface area (Å²) in [6.07, 6.45) is 74.8. The Morgan fingerprint density at radius 1 is 0.274 bits per heavy atom. The maximum atomic E-state index is 12.9. The minimum Gasteiger partial charge on any atom is -0.462 e. The van der Waals surface area contributed by atoms with Gasteiger partial charge in [0, 0.05) is 19.3 Å². The highest BCUT2D eigenvalue weighted by Crippen LogP contribution is 2.18. The van der Waals surface area contributed by atoms with E-state index in [1.165, 1.54) is 250 Å². The molecule has 0 aromatic rings. The van der Waals surface area contributed by atoms with E-state index in [4.69, 9.17) is 14.2 Å². The molecule has 6 heteroatoms. The van der Waals surface area contributed by atoms with Gasteiger partial charge < -0.3 is 14.2 Å². The van der Waals surface area contributed by atoms with Crippen molar-refractivity contribution in [1.82, 2.24) is 0 Å². The number of rotatable bonds is 61. The molecule has 0 aromatic carbocycles. The number of hydrogen-bond acceptors (Lipinski definition) is 6. The van der Waals surface area contributed by atoms with E-state index in [1.807, 2.05) is 0 Å². The molecule has 0 aliphatic heterocycles. The minimum absolute atomic E-state index is 0.0697. The summed E-state index contributed by atoms with van der Waals surface area (Å²) in [5, 5.41) is 0. The number of esters is 3. The fourth-order valence-electron chi connectivity index (χ4n) is 9.99. The fourth-order valence-corrected chi connectivity index (χ4v) is 9.99. The summed E-state index contributed by atoms with van der Waals surface area (Å²) in [5.74, 6) is -0.857. The first-order valence-corrected chi connectivity index (χ1v) is 32.8. The van der Waals surface area contributed by atoms with Gasteiger partial charge in [-0.2, -0.15) is 0 Å². The van der Waals surface area contributed by atoms with Crippen molar-refractivity contribution in [3.8, 4) is 0 Å². The van der Waals surface area contributed by atoms with Gasteiger partial charge >= 0.3 is 17.9 Å². The summed E-state index contributed by atoms with van der Waals surface area (Å²) in [6.45, 7) is 6.66. The van der Waals surface area contributed by atoms with E-state index in [1.54, 1.807) is 0 Å². The van der Waals surface area contributed by atoms with Gasteiger partial charge in [-0.1, -0.05) is 328 Å². The maximum absolute atomic E-state index is 12.9. The summed E-state index contributed by atoms with van der Waals surface area (Å²) in [7, 11) is 0. The van der Waals surface area contributed by atoms with Gasteiger partial charge in [-0.25, -0.2) is 0 Å². The summed E-state index contributed by atoms with van der Waals surface area (Å²) in [5.41, 5.74) is 0. The molecule has 0 heterocycles. The average Bonchev–Trinajstić information content (AvgIpc) is 3.39. The van der Waals surface area contributed by atoms with Crippen LogP contribution in [0.2, 0.25) is 0 Å². The molecular formula is C67H126O6. The Morgan fingerprint density at radius 3 is 0.795 bits per heavy atom. The standard InChI is InChI=1S/C67H126O6/c1-4-7-10-13-16-19-22-25-28-29-30-31-32-33-34-35-36-37-38-40-42-45-48-51-54-57-60-66(69)72-63-64(62-71-65(68)59-56-53-50-47-44-41-27-24-21-18-15-12-9-6-3)73-67(70)61-58-55-52-49-46-43-39-26-23-20-17-14-11-8-5-2/h15,18,24,27,64H,4-14,16-17,19-23,25-26,28-63H2,1-3H3/b18-15-,27-24-. The van der Waals surface area contributed by atoms with Crippen molar-refractivity contribution in [1.29, 1.82) is 0 Å². The Kier molecular flexibility index (Phi) is 60.6. The molecule has 0 spiro atoms. The van der Waals surface area contributed by atoms with E-state index < -0.39 is 6.10 Å². The minimum atomic E-state index is -0.773. The zero-order chi connectivity index (χ0) is 52.9. The van der Waals surface area contributed by atoms with Crippen molar-refractivity contribution in [2.24, 2.45) is 0 Å². The SMILES string of the molecule is CCCC/C=C\C/C=C\CCCCCCCC(=O)OCC(COC(=O)CCCCCCCCCCCCCCCCCCCCCCCCCCCC)OC(=O)CCCCCCCCCCCCCCCCC. The van der Waals surface area contributed by atoms with Crippen LogP contribution < -0.4 is 0 Å². The number of carbonyl (C=O) groups is 3. The molecule has 430 valence electrons. The third-order valence-electron chi connectivity index (χ3n) is 15.0. The van der Waals surface area contributed by atoms with Crippen LogP contribution in [0.15, 0.2) is 24.3 Å². The monoisotopic (exact) mass is 1030 g/mol. The van der Waals surface area contributed by atoms with Gasteiger partial charge in [-0.05, 0) is 44.9 Å². The van der Waals surface area contributed by atoms with Crippen molar-refractivity contribution < 1.29 is 28.6 Å². The van der Waals surface area contributed by atoms with Crippen molar-refractivity contribution in [2.75, 3.05) is 13.2 Å². The Morgan fingerprint density at radius 2 is 0.507 bits per heavy atom. The van der Waals surface area contributed by atoms with Crippen LogP contribution in [0.3, 0.4) is 0 Å². The van der Waals surface area contributed by atoms with Crippen LogP contribution in [-0.2, 0) is 28.6 Å². The second-order valence-electron chi connectivity index (χ2n) is 22.4. The van der Waals surface area contributed by atoms with Gasteiger partial charge in [0.2, 0.25) is 0 Å². The lowest BCUT2D eigenvalue weighted by Gasteiger charge is -2.18. The van der Waals surface area contributed by atoms with Crippen LogP contribution in [0.25, 0.3) is 0 Å². The second kappa shape index (κ2) is 62.4. The third kappa shape index (κ3) is 60.6. The number of allylic oxidation sites excluding steroid dienone is 4. The first kappa shape index (κ1) is 70.9. The predicted octanol–water partition coefficient (Wildman–Crippen LogP) is 22.2. The Labute approximate surface area is 455 Å². The largest absolute Gasteiger partial charge is 0.462 e. The molecule has 0 bridgehead atoms. The lowest BCUT2D eigenvalue weighted by atomic mass is 10.0. The first-order valence-electron chi connectivity index (χ1n) is 32.8. The second-order valence-corrected chi connectivity index (χ2v) is 22.4. The lowest BCUT2D eigenvalue weighted by Crippen LogP contribution is -2.30. The van der Waals surface area contributed by atoms with E-state index >= 15 is 0 Å². The average molecular weight is 1030 g/mol. The van der Waals surface area contributed by atoms with Crippen LogP contribution in [-0.4, -0.2) is 37.2 Å². The van der Waals surface area contributed by atoms with Crippen molar-refractivity contribution in [3.05, 3.63) is 24.3 Å². The summed E-state index contributed by atoms with van der Waals surface area (Å²) >= 11 is 0. The highest BCUT2D eigenvalue weighted by Gasteiger charge is 2.19. The quantitative estimate of drug-likeness (QED) is 0.0261. The lowest BCUT2D eigenvalue weighted by molar-refractivity contribution is -0.167. The normalized spacial score (nSPS) is 12.1. The first-order chi connectivity index (χ1) is 36.0. The van der Waals surface area contributed by atoms with Gasteiger partial charge in [-0.15, -0.1) is 0 Å². The molecule has 1 atom stereocenters. The molecular weight excluding hydrogens is 901 g/mol. The molecule has 0 aromatic heterocycles. The van der Waals surface area contributed by atoms with Crippen LogP contribution in [0.4, 0.5) is 0 Å². The van der Waals surface area contributed by atoms with Gasteiger partial charge in [-0.3, -0.25) is 14.4 Å². The molecule has 0 saturated heterocycles. The van der Waals surface area contributed by atoms with Crippen LogP contribution in [0, 0.1) is 0 Å². The summed E-state index contributed by atoms with van der Waals surface area (Å²) in [6, 6.07) is 0. The number of hydrogen-bond donors (Lipinski definition) is 0. The molecule has 0 saturated carbocycles. The summed E-state index contributed by atoms with van der Waals surface area (Å²) < 4.78 is 16.9. The van der Waals surface area contributed by atoms with Crippen LogP contribution >= 0.6 is 0 Å². The van der Waals surface area contributed by atoms with Gasteiger partial charge in [0.05, 0.1) is 0 Å². The zero-order valence-corrected chi connectivity index (χ0v) is 49.4. The maximum Gasteiger partial charge on any atom is 0.306 e. The smallest absolute Gasteiger partial charge is 0.306 e. The summed E-state index contributed by atoms with van der Waals surface area (Å²) in [4.78, 5) is 38.3. The Balaban J connectivity index is 4.20. The topological polar surface area (TPSA) is 78.9 Å². The zero-order valence-electron chi connectivity index (χ0n) is 49.4. The molecule has 73 heavy (non-hydrogen) atoms. The fraction of sp³-hybridized carbons (Fsp3) is 0.896.